The van der Waals surface area contributed by atoms with Crippen LogP contribution in [0.2, 0.25) is 0 Å². The van der Waals surface area contributed by atoms with Gasteiger partial charge in [-0.05, 0) is 37.5 Å². The summed E-state index contributed by atoms with van der Waals surface area (Å²) in [4.78, 5) is 11.8. The molecule has 3 rings (SSSR count). The molecule has 1 aromatic heterocycles. The summed E-state index contributed by atoms with van der Waals surface area (Å²) >= 11 is 0. The minimum atomic E-state index is 0.384. The SMILES string of the molecule is CCCc1cc(N2CCCC2COC)nc(Nc2cccc(N)c2)n1. The molecule has 3 N–H and O–H groups in total. The maximum atomic E-state index is 5.87. The summed E-state index contributed by atoms with van der Waals surface area (Å²) in [5.74, 6) is 1.60. The number of rotatable bonds is 7. The lowest BCUT2D eigenvalue weighted by Gasteiger charge is -2.26. The first kappa shape index (κ1) is 17.5. The molecule has 0 radical (unpaired) electrons. The molecule has 6 nitrogen and oxygen atoms in total. The van der Waals surface area contributed by atoms with E-state index in [1.165, 1.54) is 6.42 Å². The van der Waals surface area contributed by atoms with Crippen molar-refractivity contribution in [2.45, 2.75) is 38.6 Å². The van der Waals surface area contributed by atoms with Crippen molar-refractivity contribution in [3.05, 3.63) is 36.0 Å². The Morgan fingerprint density at radius 3 is 2.96 bits per heavy atom. The second-order valence-corrected chi connectivity index (χ2v) is 6.49. The quantitative estimate of drug-likeness (QED) is 0.752. The fraction of sp³-hybridized carbons (Fsp3) is 0.474. The Balaban J connectivity index is 1.89. The molecule has 2 aromatic rings. The van der Waals surface area contributed by atoms with E-state index in [0.29, 0.717) is 12.0 Å². The molecular formula is C19H27N5O. The van der Waals surface area contributed by atoms with Crippen molar-refractivity contribution < 1.29 is 4.74 Å². The third-order valence-corrected chi connectivity index (χ3v) is 4.45. The largest absolute Gasteiger partial charge is 0.399 e. The fourth-order valence-corrected chi connectivity index (χ4v) is 3.32. The van der Waals surface area contributed by atoms with E-state index in [9.17, 15) is 0 Å². The van der Waals surface area contributed by atoms with Crippen molar-refractivity contribution in [3.8, 4) is 0 Å². The Hall–Kier alpha value is -2.34. The van der Waals surface area contributed by atoms with Crippen LogP contribution in [0.25, 0.3) is 0 Å². The van der Waals surface area contributed by atoms with Gasteiger partial charge >= 0.3 is 0 Å². The van der Waals surface area contributed by atoms with Gasteiger partial charge in [-0.3, -0.25) is 0 Å². The number of methoxy groups -OCH3 is 1. The Morgan fingerprint density at radius 2 is 2.20 bits per heavy atom. The number of nitrogens with two attached hydrogens (primary N) is 1. The second kappa shape index (κ2) is 8.16. The molecule has 1 aliphatic heterocycles. The first-order valence-electron chi connectivity index (χ1n) is 8.95. The standard InChI is InChI=1S/C19H27N5O/c1-3-6-15-12-18(24-10-5-9-17(24)13-25-2)23-19(21-15)22-16-8-4-7-14(20)11-16/h4,7-8,11-12,17H,3,5-6,9-10,13,20H2,1-2H3,(H,21,22,23). The molecule has 0 amide bonds. The predicted octanol–water partition coefficient (Wildman–Crippen LogP) is 3.37. The van der Waals surface area contributed by atoms with Gasteiger partial charge in [0.1, 0.15) is 5.82 Å². The molecule has 0 spiro atoms. The van der Waals surface area contributed by atoms with Crippen LogP contribution in [0.5, 0.6) is 0 Å². The van der Waals surface area contributed by atoms with Crippen molar-refractivity contribution in [2.24, 2.45) is 0 Å². The van der Waals surface area contributed by atoms with Crippen LogP contribution >= 0.6 is 0 Å². The van der Waals surface area contributed by atoms with Crippen LogP contribution in [0, 0.1) is 0 Å². The van der Waals surface area contributed by atoms with Gasteiger partial charge in [-0.15, -0.1) is 0 Å². The molecule has 2 heterocycles. The van der Waals surface area contributed by atoms with Crippen LogP contribution in [0.3, 0.4) is 0 Å². The van der Waals surface area contributed by atoms with Gasteiger partial charge in [0.15, 0.2) is 0 Å². The molecule has 25 heavy (non-hydrogen) atoms. The first-order chi connectivity index (χ1) is 12.2. The molecule has 1 unspecified atom stereocenters. The number of nitrogens with one attached hydrogen (secondary N) is 1. The lowest BCUT2D eigenvalue weighted by atomic mass is 10.2. The molecular weight excluding hydrogens is 314 g/mol. The summed E-state index contributed by atoms with van der Waals surface area (Å²) in [7, 11) is 1.76. The topological polar surface area (TPSA) is 76.3 Å². The lowest BCUT2D eigenvalue weighted by Crippen LogP contribution is -2.33. The highest BCUT2D eigenvalue weighted by Crippen LogP contribution is 2.27. The third kappa shape index (κ3) is 4.39. The van der Waals surface area contributed by atoms with Gasteiger partial charge in [0, 0.05) is 36.8 Å². The predicted molar refractivity (Wildman–Crippen MR) is 102 cm³/mol. The molecule has 134 valence electrons. The molecule has 0 bridgehead atoms. The van der Waals surface area contributed by atoms with Crippen LogP contribution in [-0.2, 0) is 11.2 Å². The number of aromatic nitrogens is 2. The molecule has 0 saturated carbocycles. The maximum Gasteiger partial charge on any atom is 0.229 e. The van der Waals surface area contributed by atoms with Crippen molar-refractivity contribution in [3.63, 3.8) is 0 Å². The summed E-state index contributed by atoms with van der Waals surface area (Å²) < 4.78 is 5.38. The molecule has 0 aliphatic carbocycles. The third-order valence-electron chi connectivity index (χ3n) is 4.45. The fourth-order valence-electron chi connectivity index (χ4n) is 3.32. The number of aryl methyl sites for hydroxylation is 1. The molecule has 1 aliphatic rings. The highest BCUT2D eigenvalue weighted by atomic mass is 16.5. The van der Waals surface area contributed by atoms with E-state index in [4.69, 9.17) is 15.5 Å². The van der Waals surface area contributed by atoms with Gasteiger partial charge in [-0.2, -0.15) is 4.98 Å². The molecule has 1 saturated heterocycles. The van der Waals surface area contributed by atoms with E-state index < -0.39 is 0 Å². The van der Waals surface area contributed by atoms with Crippen LogP contribution in [-0.4, -0.2) is 36.3 Å². The maximum absolute atomic E-state index is 5.87. The van der Waals surface area contributed by atoms with E-state index in [2.05, 4.69) is 28.2 Å². The number of benzene rings is 1. The Labute approximate surface area is 149 Å². The summed E-state index contributed by atoms with van der Waals surface area (Å²) in [5, 5.41) is 3.29. The average molecular weight is 341 g/mol. The van der Waals surface area contributed by atoms with Gasteiger partial charge in [0.2, 0.25) is 5.95 Å². The number of hydrogen-bond acceptors (Lipinski definition) is 6. The second-order valence-electron chi connectivity index (χ2n) is 6.49. The van der Waals surface area contributed by atoms with Crippen LogP contribution < -0.4 is 16.0 Å². The highest BCUT2D eigenvalue weighted by Gasteiger charge is 2.26. The Kier molecular flexibility index (Phi) is 5.71. The molecule has 1 atom stereocenters. The van der Waals surface area contributed by atoms with E-state index in [-0.39, 0.29) is 0 Å². The van der Waals surface area contributed by atoms with Crippen LogP contribution in [0.1, 0.15) is 31.9 Å². The van der Waals surface area contributed by atoms with Gasteiger partial charge in [0.05, 0.1) is 12.6 Å². The minimum Gasteiger partial charge on any atom is -0.399 e. The van der Waals surface area contributed by atoms with E-state index >= 15 is 0 Å². The van der Waals surface area contributed by atoms with E-state index in [1.54, 1.807) is 7.11 Å². The monoisotopic (exact) mass is 341 g/mol. The van der Waals surface area contributed by atoms with Crippen molar-refractivity contribution in [1.29, 1.82) is 0 Å². The van der Waals surface area contributed by atoms with Gasteiger partial charge < -0.3 is 20.7 Å². The van der Waals surface area contributed by atoms with E-state index in [0.717, 1.165) is 55.3 Å². The lowest BCUT2D eigenvalue weighted by molar-refractivity contribution is 0.180. The summed E-state index contributed by atoms with van der Waals surface area (Å²) in [6.07, 6.45) is 4.29. The zero-order valence-corrected chi connectivity index (χ0v) is 15.0. The summed E-state index contributed by atoms with van der Waals surface area (Å²) in [6, 6.07) is 10.1. The number of anilines is 4. The van der Waals surface area contributed by atoms with Crippen molar-refractivity contribution in [2.75, 3.05) is 36.2 Å². The smallest absolute Gasteiger partial charge is 0.229 e. The summed E-state index contributed by atoms with van der Waals surface area (Å²) in [6.45, 7) is 3.90. The molecule has 6 heteroatoms. The van der Waals surface area contributed by atoms with Crippen molar-refractivity contribution in [1.82, 2.24) is 9.97 Å². The number of hydrogen-bond donors (Lipinski definition) is 2. The minimum absolute atomic E-state index is 0.384. The zero-order valence-electron chi connectivity index (χ0n) is 15.0. The van der Waals surface area contributed by atoms with E-state index in [1.807, 2.05) is 24.3 Å². The van der Waals surface area contributed by atoms with Crippen LogP contribution in [0.15, 0.2) is 30.3 Å². The normalized spacial score (nSPS) is 17.0. The number of ether oxygens (including phenoxy) is 1. The van der Waals surface area contributed by atoms with Gasteiger partial charge in [-0.1, -0.05) is 19.4 Å². The first-order valence-corrected chi connectivity index (χ1v) is 8.95. The Bertz CT molecular complexity index is 706. The average Bonchev–Trinajstić information content (AvgIpc) is 3.04. The van der Waals surface area contributed by atoms with Crippen molar-refractivity contribution >= 4 is 23.1 Å². The molecule has 1 aromatic carbocycles. The van der Waals surface area contributed by atoms with Crippen LogP contribution in [0.4, 0.5) is 23.1 Å². The Morgan fingerprint density at radius 1 is 1.32 bits per heavy atom. The highest BCUT2D eigenvalue weighted by molar-refractivity contribution is 5.60. The zero-order chi connectivity index (χ0) is 17.6. The number of nitrogen functional groups attached to an aromatic ring is 1. The van der Waals surface area contributed by atoms with Gasteiger partial charge in [-0.25, -0.2) is 4.98 Å². The summed E-state index contributed by atoms with van der Waals surface area (Å²) in [5.41, 5.74) is 8.54. The number of nitrogens with zero attached hydrogens (tertiary/aromatic N) is 3. The molecule has 1 fully saturated rings. The van der Waals surface area contributed by atoms with Gasteiger partial charge in [0.25, 0.3) is 0 Å².